The third kappa shape index (κ3) is 4.90. The Hall–Kier alpha value is -2.99. The van der Waals surface area contributed by atoms with Crippen LogP contribution in [0.15, 0.2) is 59.0 Å². The lowest BCUT2D eigenvalue weighted by Crippen LogP contribution is -2.22. The van der Waals surface area contributed by atoms with Crippen LogP contribution in [-0.2, 0) is 4.79 Å². The van der Waals surface area contributed by atoms with E-state index in [2.05, 4.69) is 15.8 Å². The highest BCUT2D eigenvalue weighted by Gasteiger charge is 2.15. The maximum atomic E-state index is 12.5. The minimum Gasteiger partial charge on any atom is -0.326 e. The summed E-state index contributed by atoms with van der Waals surface area (Å²) in [4.78, 5) is 24.9. The number of carbonyl (C=O) groups excluding carboxylic acids is 2. The molecule has 2 amide bonds. The molecule has 0 atom stereocenters. The van der Waals surface area contributed by atoms with Crippen LogP contribution < -0.4 is 10.7 Å². The maximum Gasteiger partial charge on any atom is 0.272 e. The molecule has 2 aromatic carbocycles. The van der Waals surface area contributed by atoms with Gasteiger partial charge >= 0.3 is 0 Å². The van der Waals surface area contributed by atoms with Gasteiger partial charge in [0.2, 0.25) is 5.91 Å². The third-order valence-electron chi connectivity index (χ3n) is 4.96. The third-order valence-corrected chi connectivity index (χ3v) is 5.92. The number of carbonyl (C=O) groups is 2. The zero-order valence-corrected chi connectivity index (χ0v) is 17.7. The Morgan fingerprint density at radius 3 is 2.59 bits per heavy atom. The highest BCUT2D eigenvalue weighted by Crippen LogP contribution is 2.25. The van der Waals surface area contributed by atoms with Crippen molar-refractivity contribution >= 4 is 44.6 Å². The van der Waals surface area contributed by atoms with Gasteiger partial charge in [-0.2, -0.15) is 5.10 Å². The summed E-state index contributed by atoms with van der Waals surface area (Å²) in [5.74, 6) is -0.201. The van der Waals surface area contributed by atoms with E-state index in [1.54, 1.807) is 0 Å². The number of thiophene rings is 1. The van der Waals surface area contributed by atoms with E-state index < -0.39 is 0 Å². The molecule has 5 nitrogen and oxygen atoms in total. The Kier molecular flexibility index (Phi) is 6.77. The summed E-state index contributed by atoms with van der Waals surface area (Å²) in [6.07, 6.45) is 1.62. The van der Waals surface area contributed by atoms with E-state index >= 15 is 0 Å². The number of nitrogens with one attached hydrogen (secondary N) is 2. The van der Waals surface area contributed by atoms with Crippen molar-refractivity contribution in [2.24, 2.45) is 11.0 Å². The van der Waals surface area contributed by atoms with Crippen LogP contribution in [0.1, 0.15) is 49.5 Å². The number of rotatable bonds is 7. The van der Waals surface area contributed by atoms with Crippen molar-refractivity contribution < 1.29 is 9.59 Å². The molecule has 150 valence electrons. The summed E-state index contributed by atoms with van der Waals surface area (Å²) in [5, 5.41) is 9.99. The van der Waals surface area contributed by atoms with Crippen LogP contribution in [0.2, 0.25) is 0 Å². The van der Waals surface area contributed by atoms with Crippen LogP contribution in [-0.4, -0.2) is 17.5 Å². The zero-order valence-electron chi connectivity index (χ0n) is 16.9. The van der Waals surface area contributed by atoms with Crippen LogP contribution in [0, 0.1) is 5.92 Å². The molecule has 6 heteroatoms. The predicted octanol–water partition coefficient (Wildman–Crippen LogP) is 5.43. The van der Waals surface area contributed by atoms with Gasteiger partial charge in [0, 0.05) is 27.1 Å². The average molecular weight is 408 g/mol. The van der Waals surface area contributed by atoms with Crippen molar-refractivity contribution in [3.8, 4) is 0 Å². The van der Waals surface area contributed by atoms with Gasteiger partial charge in [-0.1, -0.05) is 44.2 Å². The Bertz CT molecular complexity index is 1050. The fourth-order valence-electron chi connectivity index (χ4n) is 3.14. The van der Waals surface area contributed by atoms with E-state index in [-0.39, 0.29) is 17.7 Å². The molecule has 0 spiro atoms. The van der Waals surface area contributed by atoms with Gasteiger partial charge in [-0.05, 0) is 43.5 Å². The lowest BCUT2D eigenvalue weighted by Gasteiger charge is -2.13. The van der Waals surface area contributed by atoms with E-state index in [9.17, 15) is 9.59 Å². The first kappa shape index (κ1) is 20.7. The van der Waals surface area contributed by atoms with Crippen molar-refractivity contribution in [2.45, 2.75) is 33.6 Å². The Morgan fingerprint density at radius 2 is 1.83 bits per heavy atom. The lowest BCUT2D eigenvalue weighted by molar-refractivity contribution is -0.120. The second-order valence-electron chi connectivity index (χ2n) is 6.87. The van der Waals surface area contributed by atoms with Crippen LogP contribution in [0.3, 0.4) is 0 Å². The normalized spacial score (nSPS) is 11.7. The zero-order chi connectivity index (χ0) is 20.8. The van der Waals surface area contributed by atoms with Crippen molar-refractivity contribution in [3.05, 3.63) is 65.0 Å². The van der Waals surface area contributed by atoms with Gasteiger partial charge in [-0.3, -0.25) is 9.59 Å². The molecule has 0 saturated carbocycles. The fourth-order valence-corrected chi connectivity index (χ4v) is 4.08. The minimum absolute atomic E-state index is 0.00754. The van der Waals surface area contributed by atoms with Crippen LogP contribution in [0.25, 0.3) is 10.1 Å². The monoisotopic (exact) mass is 407 g/mol. The van der Waals surface area contributed by atoms with E-state index in [0.29, 0.717) is 11.3 Å². The Balaban J connectivity index is 1.71. The number of fused-ring (bicyclic) bond motifs is 1. The highest BCUT2D eigenvalue weighted by molar-refractivity contribution is 7.17. The Morgan fingerprint density at radius 1 is 1.07 bits per heavy atom. The second-order valence-corrected chi connectivity index (χ2v) is 7.78. The van der Waals surface area contributed by atoms with Crippen molar-refractivity contribution in [1.29, 1.82) is 0 Å². The molecule has 3 rings (SSSR count). The number of anilines is 1. The predicted molar refractivity (Wildman–Crippen MR) is 121 cm³/mol. The molecule has 0 unspecified atom stereocenters. The summed E-state index contributed by atoms with van der Waals surface area (Å²) in [6, 6.07) is 15.3. The molecule has 0 radical (unpaired) electrons. The van der Waals surface area contributed by atoms with Crippen molar-refractivity contribution in [1.82, 2.24) is 5.43 Å². The molecule has 29 heavy (non-hydrogen) atoms. The van der Waals surface area contributed by atoms with Crippen molar-refractivity contribution in [3.63, 3.8) is 0 Å². The fraction of sp³-hybridized carbons (Fsp3) is 0.261. The maximum absolute atomic E-state index is 12.5. The van der Waals surface area contributed by atoms with E-state index in [0.717, 1.165) is 34.2 Å². The van der Waals surface area contributed by atoms with Gasteiger partial charge in [0.15, 0.2) is 0 Å². The molecule has 1 aromatic heterocycles. The smallest absolute Gasteiger partial charge is 0.272 e. The number of nitrogens with zero attached hydrogens (tertiary/aromatic N) is 1. The second kappa shape index (κ2) is 9.47. The molecule has 3 aromatic rings. The molecule has 2 N–H and O–H groups in total. The van der Waals surface area contributed by atoms with E-state index in [1.807, 2.05) is 74.7 Å². The topological polar surface area (TPSA) is 70.6 Å². The van der Waals surface area contributed by atoms with Gasteiger partial charge in [0.1, 0.15) is 0 Å². The largest absolute Gasteiger partial charge is 0.326 e. The van der Waals surface area contributed by atoms with Gasteiger partial charge in [-0.15, -0.1) is 11.3 Å². The van der Waals surface area contributed by atoms with E-state index in [4.69, 9.17) is 0 Å². The van der Waals surface area contributed by atoms with E-state index in [1.165, 1.54) is 11.3 Å². The first-order valence-electron chi connectivity index (χ1n) is 9.75. The van der Waals surface area contributed by atoms with Crippen LogP contribution in [0.5, 0.6) is 0 Å². The standard InChI is InChI=1S/C23H25N3O2S/c1-4-16(5-2)22(27)24-18-10-8-9-17(13-18)15(3)25-26-23(28)20-14-29-21-12-7-6-11-19(20)21/h6-14,16H,4-5H2,1-3H3,(H,24,27)(H,26,28)/b25-15+. The molecule has 0 aliphatic rings. The van der Waals surface area contributed by atoms with Crippen LogP contribution >= 0.6 is 11.3 Å². The van der Waals surface area contributed by atoms with Gasteiger partial charge < -0.3 is 5.32 Å². The summed E-state index contributed by atoms with van der Waals surface area (Å²) in [6.45, 7) is 5.86. The van der Waals surface area contributed by atoms with Gasteiger partial charge in [0.05, 0.1) is 11.3 Å². The summed E-state index contributed by atoms with van der Waals surface area (Å²) in [5.41, 5.74) is 5.48. The number of benzene rings is 2. The SMILES string of the molecule is CCC(CC)C(=O)Nc1cccc(/C(C)=N/NC(=O)c2csc3ccccc23)c1. The number of hydrazone groups is 1. The quantitative estimate of drug-likeness (QED) is 0.405. The van der Waals surface area contributed by atoms with Crippen molar-refractivity contribution in [2.75, 3.05) is 5.32 Å². The minimum atomic E-state index is -0.236. The highest BCUT2D eigenvalue weighted by atomic mass is 32.1. The summed E-state index contributed by atoms with van der Waals surface area (Å²) >= 11 is 1.54. The molecular weight excluding hydrogens is 382 g/mol. The first-order valence-corrected chi connectivity index (χ1v) is 10.6. The molecule has 0 aliphatic heterocycles. The Labute approximate surface area is 174 Å². The molecular formula is C23H25N3O2S. The molecule has 1 heterocycles. The number of hydrogen-bond donors (Lipinski definition) is 2. The molecule has 0 bridgehead atoms. The molecule has 0 fully saturated rings. The lowest BCUT2D eigenvalue weighted by atomic mass is 10.0. The number of amides is 2. The molecule has 0 saturated heterocycles. The average Bonchev–Trinajstić information content (AvgIpc) is 3.17. The van der Waals surface area contributed by atoms with Gasteiger partial charge in [-0.25, -0.2) is 5.43 Å². The summed E-state index contributed by atoms with van der Waals surface area (Å²) < 4.78 is 1.07. The first-order chi connectivity index (χ1) is 14.0. The summed E-state index contributed by atoms with van der Waals surface area (Å²) in [7, 11) is 0. The van der Waals surface area contributed by atoms with Gasteiger partial charge in [0.25, 0.3) is 5.91 Å². The number of hydrogen-bond acceptors (Lipinski definition) is 4. The molecule has 0 aliphatic carbocycles. The van der Waals surface area contributed by atoms with Crippen LogP contribution in [0.4, 0.5) is 5.69 Å².